The lowest BCUT2D eigenvalue weighted by atomic mass is 9.92. The van der Waals surface area contributed by atoms with E-state index in [1.54, 1.807) is 12.4 Å². The van der Waals surface area contributed by atoms with Crippen LogP contribution in [0.1, 0.15) is 45.4 Å². The van der Waals surface area contributed by atoms with Crippen LogP contribution in [0.15, 0.2) is 21.4 Å². The molecule has 1 aliphatic heterocycles. The summed E-state index contributed by atoms with van der Waals surface area (Å²) >= 11 is 3.32. The van der Waals surface area contributed by atoms with Crippen molar-refractivity contribution in [3.05, 3.63) is 22.7 Å². The Morgan fingerprint density at radius 3 is 2.46 bits per heavy atom. The normalized spacial score (nSPS) is 17.3. The van der Waals surface area contributed by atoms with Crippen molar-refractivity contribution in [1.82, 2.24) is 20.1 Å². The minimum absolute atomic E-state index is 0.0715. The molecule has 1 fully saturated rings. The van der Waals surface area contributed by atoms with E-state index in [0.29, 0.717) is 17.9 Å². The molecule has 0 aliphatic carbocycles. The lowest BCUT2D eigenvalue weighted by Gasteiger charge is -2.33. The molecule has 1 unspecified atom stereocenters. The molecule has 0 radical (unpaired) electrons. The van der Waals surface area contributed by atoms with Gasteiger partial charge in [0, 0.05) is 31.4 Å². The van der Waals surface area contributed by atoms with Crippen LogP contribution in [0.4, 0.5) is 6.01 Å². The first kappa shape index (κ1) is 17.1. The highest BCUT2D eigenvalue weighted by Crippen LogP contribution is 2.26. The Balaban J connectivity index is 1.53. The van der Waals surface area contributed by atoms with Crippen LogP contribution in [0.2, 0.25) is 0 Å². The van der Waals surface area contributed by atoms with E-state index in [2.05, 4.69) is 61.7 Å². The number of piperidine rings is 1. The maximum absolute atomic E-state index is 5.87. The summed E-state index contributed by atoms with van der Waals surface area (Å²) in [5.41, 5.74) is 0. The predicted octanol–water partition coefficient (Wildman–Crippen LogP) is 3.43. The third-order valence-electron chi connectivity index (χ3n) is 4.31. The molecule has 1 atom stereocenters. The molecule has 0 amide bonds. The SMILES string of the molecule is CC(C)c1noc(N2CCC(C(C)Oc3ncc(Br)cn3)CC2)n1. The standard InChI is InChI=1S/C16H22BrN5O2/c1-10(2)14-20-16(24-21-14)22-6-4-12(5-7-22)11(3)23-15-18-8-13(17)9-19-15/h8-12H,4-7H2,1-3H3. The first-order valence-electron chi connectivity index (χ1n) is 8.25. The topological polar surface area (TPSA) is 77.2 Å². The van der Waals surface area contributed by atoms with Gasteiger partial charge in [-0.05, 0) is 41.6 Å². The Morgan fingerprint density at radius 1 is 1.21 bits per heavy atom. The number of hydrogen-bond acceptors (Lipinski definition) is 7. The van der Waals surface area contributed by atoms with Gasteiger partial charge in [0.2, 0.25) is 0 Å². The Labute approximate surface area is 149 Å². The zero-order valence-electron chi connectivity index (χ0n) is 14.1. The van der Waals surface area contributed by atoms with Gasteiger partial charge in [0.1, 0.15) is 6.10 Å². The lowest BCUT2D eigenvalue weighted by Crippen LogP contribution is -2.39. The average Bonchev–Trinajstić information content (AvgIpc) is 3.07. The summed E-state index contributed by atoms with van der Waals surface area (Å²) in [6.07, 6.45) is 5.48. The third kappa shape index (κ3) is 4.03. The maximum Gasteiger partial charge on any atom is 0.324 e. The highest BCUT2D eigenvalue weighted by molar-refractivity contribution is 9.10. The number of nitrogens with zero attached hydrogens (tertiary/aromatic N) is 5. The Morgan fingerprint density at radius 2 is 1.88 bits per heavy atom. The highest BCUT2D eigenvalue weighted by atomic mass is 79.9. The van der Waals surface area contributed by atoms with Crippen LogP contribution in [-0.2, 0) is 0 Å². The van der Waals surface area contributed by atoms with Gasteiger partial charge in [0.15, 0.2) is 5.82 Å². The maximum atomic E-state index is 5.87. The molecular weight excluding hydrogens is 374 g/mol. The summed E-state index contributed by atoms with van der Waals surface area (Å²) < 4.78 is 12.1. The quantitative estimate of drug-likeness (QED) is 0.766. The summed E-state index contributed by atoms with van der Waals surface area (Å²) in [5, 5.41) is 4.04. The van der Waals surface area contributed by atoms with Gasteiger partial charge in [-0.2, -0.15) is 4.98 Å². The predicted molar refractivity (Wildman–Crippen MR) is 93.1 cm³/mol. The molecule has 0 N–H and O–H groups in total. The van der Waals surface area contributed by atoms with Crippen molar-refractivity contribution in [1.29, 1.82) is 0 Å². The van der Waals surface area contributed by atoms with E-state index in [1.807, 2.05) is 0 Å². The number of halogens is 1. The Kier molecular flexibility index (Phi) is 5.33. The summed E-state index contributed by atoms with van der Waals surface area (Å²) in [7, 11) is 0. The van der Waals surface area contributed by atoms with E-state index >= 15 is 0 Å². The monoisotopic (exact) mass is 395 g/mol. The van der Waals surface area contributed by atoms with Gasteiger partial charge in [-0.15, -0.1) is 0 Å². The number of anilines is 1. The number of rotatable bonds is 5. The smallest absolute Gasteiger partial charge is 0.324 e. The van der Waals surface area contributed by atoms with Crippen molar-refractivity contribution in [2.24, 2.45) is 5.92 Å². The van der Waals surface area contributed by atoms with Crippen LogP contribution in [0.25, 0.3) is 0 Å². The van der Waals surface area contributed by atoms with Gasteiger partial charge in [0.25, 0.3) is 0 Å². The lowest BCUT2D eigenvalue weighted by molar-refractivity contribution is 0.120. The first-order chi connectivity index (χ1) is 11.5. The van der Waals surface area contributed by atoms with Gasteiger partial charge in [0.05, 0.1) is 4.47 Å². The Bertz CT molecular complexity index is 653. The van der Waals surface area contributed by atoms with Crippen molar-refractivity contribution in [3.63, 3.8) is 0 Å². The third-order valence-corrected chi connectivity index (χ3v) is 4.72. The van der Waals surface area contributed by atoms with Gasteiger partial charge in [-0.3, -0.25) is 0 Å². The van der Waals surface area contributed by atoms with Crippen LogP contribution >= 0.6 is 15.9 Å². The van der Waals surface area contributed by atoms with Crippen molar-refractivity contribution in [2.75, 3.05) is 18.0 Å². The number of ether oxygens (including phenoxy) is 1. The Hall–Kier alpha value is -1.70. The average molecular weight is 396 g/mol. The number of aromatic nitrogens is 4. The van der Waals surface area contributed by atoms with Gasteiger partial charge >= 0.3 is 12.0 Å². The molecule has 3 rings (SSSR count). The molecule has 2 aromatic heterocycles. The van der Waals surface area contributed by atoms with Crippen LogP contribution < -0.4 is 9.64 Å². The largest absolute Gasteiger partial charge is 0.460 e. The molecule has 0 saturated carbocycles. The molecule has 0 spiro atoms. The molecule has 0 bridgehead atoms. The fourth-order valence-electron chi connectivity index (χ4n) is 2.77. The molecule has 1 saturated heterocycles. The summed E-state index contributed by atoms with van der Waals surface area (Å²) in [5.74, 6) is 1.50. The molecule has 0 aromatic carbocycles. The highest BCUT2D eigenvalue weighted by Gasteiger charge is 2.28. The summed E-state index contributed by atoms with van der Waals surface area (Å²) in [4.78, 5) is 15.0. The van der Waals surface area contributed by atoms with E-state index in [9.17, 15) is 0 Å². The van der Waals surface area contributed by atoms with Crippen molar-refractivity contribution >= 4 is 21.9 Å². The minimum Gasteiger partial charge on any atom is -0.460 e. The molecule has 130 valence electrons. The number of hydrogen-bond donors (Lipinski definition) is 0. The molecular formula is C16H22BrN5O2. The van der Waals surface area contributed by atoms with Crippen LogP contribution in [0, 0.1) is 5.92 Å². The van der Waals surface area contributed by atoms with Crippen LogP contribution in [-0.4, -0.2) is 39.3 Å². The zero-order chi connectivity index (χ0) is 17.1. The molecule has 3 heterocycles. The van der Waals surface area contributed by atoms with Crippen LogP contribution in [0.3, 0.4) is 0 Å². The van der Waals surface area contributed by atoms with Gasteiger partial charge in [-0.25, -0.2) is 9.97 Å². The van der Waals surface area contributed by atoms with E-state index in [-0.39, 0.29) is 12.0 Å². The van der Waals surface area contributed by atoms with Crippen molar-refractivity contribution in [3.8, 4) is 6.01 Å². The second-order valence-electron chi connectivity index (χ2n) is 6.42. The summed E-state index contributed by atoms with van der Waals surface area (Å²) in [6, 6.07) is 1.05. The van der Waals surface area contributed by atoms with Gasteiger partial charge in [-0.1, -0.05) is 19.0 Å². The second kappa shape index (κ2) is 7.46. The van der Waals surface area contributed by atoms with Crippen molar-refractivity contribution < 1.29 is 9.26 Å². The molecule has 8 heteroatoms. The van der Waals surface area contributed by atoms with Crippen molar-refractivity contribution in [2.45, 2.75) is 45.6 Å². The van der Waals surface area contributed by atoms with E-state index in [4.69, 9.17) is 9.26 Å². The van der Waals surface area contributed by atoms with E-state index < -0.39 is 0 Å². The molecule has 2 aromatic rings. The van der Waals surface area contributed by atoms with Gasteiger partial charge < -0.3 is 14.2 Å². The fraction of sp³-hybridized carbons (Fsp3) is 0.625. The van der Waals surface area contributed by atoms with E-state index in [0.717, 1.165) is 36.2 Å². The second-order valence-corrected chi connectivity index (χ2v) is 7.34. The minimum atomic E-state index is 0.0715. The summed E-state index contributed by atoms with van der Waals surface area (Å²) in [6.45, 7) is 7.97. The molecule has 24 heavy (non-hydrogen) atoms. The first-order valence-corrected chi connectivity index (χ1v) is 9.05. The van der Waals surface area contributed by atoms with E-state index in [1.165, 1.54) is 0 Å². The molecule has 1 aliphatic rings. The fourth-order valence-corrected chi connectivity index (χ4v) is 2.98. The zero-order valence-corrected chi connectivity index (χ0v) is 15.7. The molecule has 7 nitrogen and oxygen atoms in total. The van der Waals surface area contributed by atoms with Crippen LogP contribution in [0.5, 0.6) is 6.01 Å².